The fourth-order valence-corrected chi connectivity index (χ4v) is 2.38. The second-order valence-electron chi connectivity index (χ2n) is 5.17. The van der Waals surface area contributed by atoms with Gasteiger partial charge < -0.3 is 10.6 Å². The van der Waals surface area contributed by atoms with E-state index in [1.165, 1.54) is 0 Å². The van der Waals surface area contributed by atoms with Gasteiger partial charge in [0.15, 0.2) is 11.6 Å². The highest BCUT2D eigenvalue weighted by molar-refractivity contribution is 6.42. The molecule has 0 aliphatic heterocycles. The van der Waals surface area contributed by atoms with Crippen molar-refractivity contribution in [1.29, 1.82) is 0 Å². The number of halogens is 2. The molecule has 1 aromatic carbocycles. The first-order valence-electron chi connectivity index (χ1n) is 6.98. The molecule has 1 amide bonds. The zero-order chi connectivity index (χ0) is 15.5. The minimum absolute atomic E-state index is 0.0192. The lowest BCUT2D eigenvalue weighted by atomic mass is 9.85. The number of rotatable bonds is 4. The van der Waals surface area contributed by atoms with Gasteiger partial charge in [0.25, 0.3) is 0 Å². The van der Waals surface area contributed by atoms with Crippen LogP contribution in [0.25, 0.3) is 0 Å². The van der Waals surface area contributed by atoms with E-state index in [-0.39, 0.29) is 11.8 Å². The van der Waals surface area contributed by atoms with E-state index in [9.17, 15) is 4.79 Å². The molecule has 0 saturated heterocycles. The zero-order valence-electron chi connectivity index (χ0n) is 11.6. The quantitative estimate of drug-likeness (QED) is 0.874. The van der Waals surface area contributed by atoms with Crippen LogP contribution in [0.3, 0.4) is 0 Å². The summed E-state index contributed by atoms with van der Waals surface area (Å²) >= 11 is 11.8. The minimum atomic E-state index is 0.0192. The number of benzene rings is 1. The van der Waals surface area contributed by atoms with Crippen molar-refractivity contribution in [2.75, 3.05) is 10.6 Å². The predicted molar refractivity (Wildman–Crippen MR) is 87.7 cm³/mol. The van der Waals surface area contributed by atoms with Crippen molar-refractivity contribution in [3.63, 3.8) is 0 Å². The zero-order valence-corrected chi connectivity index (χ0v) is 13.2. The van der Waals surface area contributed by atoms with Crippen LogP contribution < -0.4 is 10.6 Å². The van der Waals surface area contributed by atoms with Gasteiger partial charge in [0.1, 0.15) is 0 Å². The Balaban J connectivity index is 1.63. The van der Waals surface area contributed by atoms with Crippen molar-refractivity contribution in [1.82, 2.24) is 10.2 Å². The Kier molecular flexibility index (Phi) is 4.45. The highest BCUT2D eigenvalue weighted by Crippen LogP contribution is 2.28. The summed E-state index contributed by atoms with van der Waals surface area (Å²) in [7, 11) is 0. The Morgan fingerprint density at radius 2 is 1.77 bits per heavy atom. The van der Waals surface area contributed by atoms with Gasteiger partial charge in [0.2, 0.25) is 5.91 Å². The van der Waals surface area contributed by atoms with E-state index >= 15 is 0 Å². The van der Waals surface area contributed by atoms with Crippen LogP contribution in [0, 0.1) is 5.92 Å². The van der Waals surface area contributed by atoms with Crippen molar-refractivity contribution >= 4 is 46.4 Å². The normalized spacial score (nSPS) is 14.3. The van der Waals surface area contributed by atoms with Crippen molar-refractivity contribution in [3.8, 4) is 0 Å². The summed E-state index contributed by atoms with van der Waals surface area (Å²) in [6.07, 6.45) is 3.03. The average Bonchev–Trinajstić information content (AvgIpc) is 2.43. The molecule has 22 heavy (non-hydrogen) atoms. The number of nitrogens with one attached hydrogen (secondary N) is 2. The lowest BCUT2D eigenvalue weighted by Gasteiger charge is -2.23. The van der Waals surface area contributed by atoms with Crippen LogP contribution in [0.4, 0.5) is 17.3 Å². The van der Waals surface area contributed by atoms with Crippen LogP contribution in [-0.2, 0) is 4.79 Å². The van der Waals surface area contributed by atoms with Crippen LogP contribution in [-0.4, -0.2) is 16.1 Å². The highest BCUT2D eigenvalue weighted by atomic mass is 35.5. The van der Waals surface area contributed by atoms with E-state index < -0.39 is 0 Å². The molecule has 1 heterocycles. The van der Waals surface area contributed by atoms with E-state index in [1.807, 2.05) is 0 Å². The molecule has 0 spiro atoms. The lowest BCUT2D eigenvalue weighted by molar-refractivity contribution is -0.122. The topological polar surface area (TPSA) is 66.9 Å². The molecule has 3 rings (SSSR count). The smallest absolute Gasteiger partial charge is 0.228 e. The second kappa shape index (κ2) is 6.50. The van der Waals surface area contributed by atoms with Gasteiger partial charge in [-0.15, -0.1) is 10.2 Å². The summed E-state index contributed by atoms with van der Waals surface area (Å²) in [4.78, 5) is 11.8. The summed E-state index contributed by atoms with van der Waals surface area (Å²) in [5.41, 5.74) is 0.759. The van der Waals surface area contributed by atoms with Crippen molar-refractivity contribution < 1.29 is 4.79 Å². The first-order chi connectivity index (χ1) is 10.6. The maximum absolute atomic E-state index is 11.8. The molecule has 1 aliphatic carbocycles. The molecule has 1 aliphatic rings. The first-order valence-corrected chi connectivity index (χ1v) is 7.74. The Labute approximate surface area is 138 Å². The van der Waals surface area contributed by atoms with E-state index in [0.717, 1.165) is 24.9 Å². The van der Waals surface area contributed by atoms with Gasteiger partial charge in [-0.25, -0.2) is 0 Å². The summed E-state index contributed by atoms with van der Waals surface area (Å²) in [6.45, 7) is 0. The Hall–Kier alpha value is -1.85. The van der Waals surface area contributed by atoms with Gasteiger partial charge in [-0.3, -0.25) is 4.79 Å². The second-order valence-corrected chi connectivity index (χ2v) is 5.99. The van der Waals surface area contributed by atoms with Crippen LogP contribution in [0.15, 0.2) is 30.3 Å². The van der Waals surface area contributed by atoms with Gasteiger partial charge in [0, 0.05) is 11.6 Å². The number of nitrogens with zero attached hydrogens (tertiary/aromatic N) is 2. The fourth-order valence-electron chi connectivity index (χ4n) is 2.09. The molecule has 2 aromatic rings. The predicted octanol–water partition coefficient (Wildman–Crippen LogP) is 4.27. The molecule has 0 bridgehead atoms. The lowest BCUT2D eigenvalue weighted by Crippen LogP contribution is -2.28. The summed E-state index contributed by atoms with van der Waals surface area (Å²) < 4.78 is 0. The third-order valence-electron chi connectivity index (χ3n) is 3.58. The molecular formula is C15H14Cl2N4O. The molecule has 2 N–H and O–H groups in total. The van der Waals surface area contributed by atoms with E-state index in [0.29, 0.717) is 21.7 Å². The molecule has 1 aromatic heterocycles. The van der Waals surface area contributed by atoms with Crippen LogP contribution in [0.5, 0.6) is 0 Å². The number of carbonyl (C=O) groups excluding carboxylic acids is 1. The van der Waals surface area contributed by atoms with E-state index in [1.54, 1.807) is 30.3 Å². The molecule has 0 atom stereocenters. The highest BCUT2D eigenvalue weighted by Gasteiger charge is 2.25. The number of carbonyl (C=O) groups is 1. The molecule has 114 valence electrons. The summed E-state index contributed by atoms with van der Waals surface area (Å²) in [5, 5.41) is 14.8. The minimum Gasteiger partial charge on any atom is -0.339 e. The van der Waals surface area contributed by atoms with Crippen molar-refractivity contribution in [2.45, 2.75) is 19.3 Å². The average molecular weight is 337 g/mol. The van der Waals surface area contributed by atoms with Crippen LogP contribution in [0.1, 0.15) is 19.3 Å². The molecule has 1 fully saturated rings. The largest absolute Gasteiger partial charge is 0.339 e. The molecule has 0 radical (unpaired) electrons. The van der Waals surface area contributed by atoms with Gasteiger partial charge in [0.05, 0.1) is 10.0 Å². The number of hydrogen-bond donors (Lipinski definition) is 2. The van der Waals surface area contributed by atoms with Gasteiger partial charge in [-0.1, -0.05) is 29.6 Å². The van der Waals surface area contributed by atoms with Gasteiger partial charge in [-0.2, -0.15) is 0 Å². The van der Waals surface area contributed by atoms with Crippen molar-refractivity contribution in [2.24, 2.45) is 5.92 Å². The van der Waals surface area contributed by atoms with E-state index in [2.05, 4.69) is 20.8 Å². The summed E-state index contributed by atoms with van der Waals surface area (Å²) in [5.74, 6) is 1.15. The number of hydrogen-bond acceptors (Lipinski definition) is 4. The third-order valence-corrected chi connectivity index (χ3v) is 4.32. The molecule has 0 unspecified atom stereocenters. The first kappa shape index (κ1) is 15.1. The molecule has 5 nitrogen and oxygen atoms in total. The van der Waals surface area contributed by atoms with Crippen molar-refractivity contribution in [3.05, 3.63) is 40.4 Å². The van der Waals surface area contributed by atoms with Crippen LogP contribution in [0.2, 0.25) is 10.0 Å². The molecule has 7 heteroatoms. The molecular weight excluding hydrogens is 323 g/mol. The van der Waals surface area contributed by atoms with Gasteiger partial charge in [-0.05, 0) is 43.2 Å². The fraction of sp³-hybridized carbons (Fsp3) is 0.267. The third kappa shape index (κ3) is 3.48. The standard InChI is InChI=1S/C15H14Cl2N4O/c16-11-5-4-10(8-12(11)17)18-13-6-7-14(21-20-13)19-15(22)9-2-1-3-9/h4-9H,1-3H2,(H,18,20)(H,19,21,22). The Bertz CT molecular complexity index is 686. The Morgan fingerprint density at radius 3 is 2.36 bits per heavy atom. The van der Waals surface area contributed by atoms with E-state index in [4.69, 9.17) is 23.2 Å². The molecule has 1 saturated carbocycles. The number of anilines is 3. The number of aromatic nitrogens is 2. The SMILES string of the molecule is O=C(Nc1ccc(Nc2ccc(Cl)c(Cl)c2)nn1)C1CCC1. The monoisotopic (exact) mass is 336 g/mol. The van der Waals surface area contributed by atoms with Crippen LogP contribution >= 0.6 is 23.2 Å². The number of amides is 1. The maximum atomic E-state index is 11.8. The maximum Gasteiger partial charge on any atom is 0.228 e. The summed E-state index contributed by atoms with van der Waals surface area (Å²) in [6, 6.07) is 8.65. The van der Waals surface area contributed by atoms with Gasteiger partial charge >= 0.3 is 0 Å². The Morgan fingerprint density at radius 1 is 1.05 bits per heavy atom.